The van der Waals surface area contributed by atoms with E-state index >= 15 is 0 Å². The molecule has 0 bridgehead atoms. The third-order valence-electron chi connectivity index (χ3n) is 3.09. The number of para-hydroxylation sites is 1. The molecule has 3 heteroatoms. The number of hydrogen-bond acceptors (Lipinski definition) is 2. The summed E-state index contributed by atoms with van der Waals surface area (Å²) in [6.45, 7) is 1.85. The number of nitrogens with two attached hydrogens (primary N) is 1. The van der Waals surface area contributed by atoms with Crippen molar-refractivity contribution in [2.45, 2.75) is 12.5 Å². The molecule has 0 aromatic heterocycles. The van der Waals surface area contributed by atoms with Crippen molar-refractivity contribution >= 4 is 0 Å². The van der Waals surface area contributed by atoms with E-state index in [1.54, 1.807) is 13.2 Å². The smallest absolute Gasteiger partial charge is 0.124 e. The summed E-state index contributed by atoms with van der Waals surface area (Å²) in [5, 5.41) is 0. The van der Waals surface area contributed by atoms with E-state index in [0.717, 1.165) is 5.56 Å². The minimum atomic E-state index is -0.797. The fourth-order valence-corrected chi connectivity index (χ4v) is 2.04. The highest BCUT2D eigenvalue weighted by atomic mass is 19.1. The van der Waals surface area contributed by atoms with Crippen LogP contribution >= 0.6 is 0 Å². The predicted octanol–water partition coefficient (Wildman–Crippen LogP) is 3.06. The largest absolute Gasteiger partial charge is 0.496 e. The fourth-order valence-electron chi connectivity index (χ4n) is 2.04. The Kier molecular flexibility index (Phi) is 3.34. The Bertz CT molecular complexity index is 552. The Morgan fingerprint density at radius 2 is 1.83 bits per heavy atom. The molecule has 2 N–H and O–H groups in total. The van der Waals surface area contributed by atoms with Gasteiger partial charge in [-0.1, -0.05) is 30.3 Å². The second kappa shape index (κ2) is 4.78. The molecule has 0 saturated carbocycles. The maximum absolute atomic E-state index is 13.3. The lowest BCUT2D eigenvalue weighted by molar-refractivity contribution is 0.398. The quantitative estimate of drug-likeness (QED) is 0.902. The van der Waals surface area contributed by atoms with Crippen molar-refractivity contribution in [3.8, 4) is 5.75 Å². The van der Waals surface area contributed by atoms with Crippen molar-refractivity contribution < 1.29 is 9.13 Å². The van der Waals surface area contributed by atoms with E-state index in [1.165, 1.54) is 12.1 Å². The minimum Gasteiger partial charge on any atom is -0.496 e. The number of rotatable bonds is 3. The highest BCUT2D eigenvalue weighted by molar-refractivity contribution is 5.45. The van der Waals surface area contributed by atoms with Gasteiger partial charge in [-0.05, 0) is 30.7 Å². The van der Waals surface area contributed by atoms with Crippen molar-refractivity contribution in [1.82, 2.24) is 0 Å². The fraction of sp³-hybridized carbons (Fsp3) is 0.200. The molecule has 94 valence electrons. The van der Waals surface area contributed by atoms with E-state index in [-0.39, 0.29) is 5.82 Å². The minimum absolute atomic E-state index is 0.293. The summed E-state index contributed by atoms with van der Waals surface area (Å²) in [5.41, 5.74) is 7.11. The van der Waals surface area contributed by atoms with Crippen LogP contribution in [0.25, 0.3) is 0 Å². The first-order chi connectivity index (χ1) is 8.55. The van der Waals surface area contributed by atoms with Crippen LogP contribution in [0.3, 0.4) is 0 Å². The van der Waals surface area contributed by atoms with E-state index in [4.69, 9.17) is 10.5 Å². The van der Waals surface area contributed by atoms with Gasteiger partial charge >= 0.3 is 0 Å². The molecule has 0 saturated heterocycles. The molecule has 0 fully saturated rings. The zero-order chi connectivity index (χ0) is 13.2. The molecule has 1 unspecified atom stereocenters. The van der Waals surface area contributed by atoms with Gasteiger partial charge in [0.1, 0.15) is 11.6 Å². The van der Waals surface area contributed by atoms with Crippen LogP contribution in [0.2, 0.25) is 0 Å². The van der Waals surface area contributed by atoms with Crippen molar-refractivity contribution in [3.63, 3.8) is 0 Å². The molecule has 0 aliphatic carbocycles. The summed E-state index contributed by atoms with van der Waals surface area (Å²) in [5.74, 6) is 0.408. The van der Waals surface area contributed by atoms with Gasteiger partial charge in [0.15, 0.2) is 0 Å². The number of ether oxygens (including phenoxy) is 1. The molecule has 2 rings (SSSR count). The summed E-state index contributed by atoms with van der Waals surface area (Å²) >= 11 is 0. The molecule has 18 heavy (non-hydrogen) atoms. The van der Waals surface area contributed by atoms with Gasteiger partial charge in [-0.3, -0.25) is 0 Å². The van der Waals surface area contributed by atoms with Crippen LogP contribution in [0.4, 0.5) is 4.39 Å². The van der Waals surface area contributed by atoms with Gasteiger partial charge in [0, 0.05) is 5.56 Å². The number of methoxy groups -OCH3 is 1. The summed E-state index contributed by atoms with van der Waals surface area (Å²) in [6, 6.07) is 13.8. The Morgan fingerprint density at radius 3 is 2.50 bits per heavy atom. The lowest BCUT2D eigenvalue weighted by Gasteiger charge is -2.27. The molecule has 2 aromatic carbocycles. The van der Waals surface area contributed by atoms with Crippen LogP contribution in [0.1, 0.15) is 18.1 Å². The summed E-state index contributed by atoms with van der Waals surface area (Å²) in [7, 11) is 1.60. The van der Waals surface area contributed by atoms with Crippen molar-refractivity contribution in [3.05, 3.63) is 65.5 Å². The summed E-state index contributed by atoms with van der Waals surface area (Å²) < 4.78 is 18.6. The maximum atomic E-state index is 13.3. The summed E-state index contributed by atoms with van der Waals surface area (Å²) in [6.07, 6.45) is 0. The molecule has 0 radical (unpaired) electrons. The van der Waals surface area contributed by atoms with Crippen molar-refractivity contribution in [2.24, 2.45) is 5.73 Å². The molecule has 2 aromatic rings. The molecule has 0 spiro atoms. The Labute approximate surface area is 106 Å². The predicted molar refractivity (Wildman–Crippen MR) is 70.0 cm³/mol. The summed E-state index contributed by atoms with van der Waals surface area (Å²) in [4.78, 5) is 0. The van der Waals surface area contributed by atoms with E-state index < -0.39 is 5.54 Å². The van der Waals surface area contributed by atoms with Gasteiger partial charge in [-0.15, -0.1) is 0 Å². The topological polar surface area (TPSA) is 35.2 Å². The Hall–Kier alpha value is -1.87. The number of benzene rings is 2. The number of halogens is 1. The molecule has 1 atom stereocenters. The van der Waals surface area contributed by atoms with Gasteiger partial charge in [0.25, 0.3) is 0 Å². The zero-order valence-corrected chi connectivity index (χ0v) is 10.5. The van der Waals surface area contributed by atoms with E-state index in [1.807, 2.05) is 37.3 Å². The standard InChI is InChI=1S/C15H16FNO/c1-15(17,11-6-5-7-12(16)10-11)13-8-3-4-9-14(13)18-2/h3-10H,17H2,1-2H3. The first-order valence-electron chi connectivity index (χ1n) is 5.74. The van der Waals surface area contributed by atoms with E-state index in [2.05, 4.69) is 0 Å². The van der Waals surface area contributed by atoms with Gasteiger partial charge in [0.2, 0.25) is 0 Å². The van der Waals surface area contributed by atoms with Crippen LogP contribution in [-0.4, -0.2) is 7.11 Å². The molecule has 2 nitrogen and oxygen atoms in total. The molecule has 0 heterocycles. The molecular formula is C15H16FNO. The van der Waals surface area contributed by atoms with Crippen LogP contribution in [0.5, 0.6) is 5.75 Å². The van der Waals surface area contributed by atoms with Crippen molar-refractivity contribution in [1.29, 1.82) is 0 Å². The third-order valence-corrected chi connectivity index (χ3v) is 3.09. The van der Waals surface area contributed by atoms with E-state index in [0.29, 0.717) is 11.3 Å². The zero-order valence-electron chi connectivity index (χ0n) is 10.5. The first kappa shape index (κ1) is 12.6. The monoisotopic (exact) mass is 245 g/mol. The van der Waals surface area contributed by atoms with Crippen molar-refractivity contribution in [2.75, 3.05) is 7.11 Å². The first-order valence-corrected chi connectivity index (χ1v) is 5.74. The molecule has 0 aliphatic heterocycles. The van der Waals surface area contributed by atoms with Crippen LogP contribution in [0, 0.1) is 5.82 Å². The second-order valence-corrected chi connectivity index (χ2v) is 4.41. The van der Waals surface area contributed by atoms with E-state index in [9.17, 15) is 4.39 Å². The Morgan fingerprint density at radius 1 is 1.11 bits per heavy atom. The highest BCUT2D eigenvalue weighted by Gasteiger charge is 2.27. The number of hydrogen-bond donors (Lipinski definition) is 1. The van der Waals surface area contributed by atoms with Crippen LogP contribution in [-0.2, 0) is 5.54 Å². The van der Waals surface area contributed by atoms with Crippen LogP contribution in [0.15, 0.2) is 48.5 Å². The van der Waals surface area contributed by atoms with Gasteiger partial charge < -0.3 is 10.5 Å². The van der Waals surface area contributed by atoms with Gasteiger partial charge in [0.05, 0.1) is 12.6 Å². The van der Waals surface area contributed by atoms with Crippen LogP contribution < -0.4 is 10.5 Å². The average Bonchev–Trinajstić information content (AvgIpc) is 2.38. The second-order valence-electron chi connectivity index (χ2n) is 4.41. The van der Waals surface area contributed by atoms with Gasteiger partial charge in [-0.25, -0.2) is 4.39 Å². The highest BCUT2D eigenvalue weighted by Crippen LogP contribution is 2.33. The molecule has 0 amide bonds. The Balaban J connectivity index is 2.54. The molecule has 0 aliphatic rings. The normalized spacial score (nSPS) is 14.0. The lowest BCUT2D eigenvalue weighted by atomic mass is 9.85. The molecular weight excluding hydrogens is 229 g/mol. The lowest BCUT2D eigenvalue weighted by Crippen LogP contribution is -2.34. The third kappa shape index (κ3) is 2.22. The SMILES string of the molecule is COc1ccccc1C(C)(N)c1cccc(F)c1. The maximum Gasteiger partial charge on any atom is 0.124 e. The average molecular weight is 245 g/mol. The van der Waals surface area contributed by atoms with Gasteiger partial charge in [-0.2, -0.15) is 0 Å².